The molecule has 1 saturated heterocycles. The molecule has 1 aliphatic rings. The zero-order chi connectivity index (χ0) is 14.5. The number of hydrogen-bond acceptors (Lipinski definition) is 3. The van der Waals surface area contributed by atoms with Crippen LogP contribution in [0.5, 0.6) is 0 Å². The normalized spacial score (nSPS) is 23.6. The standard InChI is InChI=1S/C15H22BrN3O/c1-3-4-13-9-14(19-18-13)15(20)17-10(2)11-5-7-12(16)8-6-11/h5-8,10,13-14,18-19H,3-4,9H2,1-2H3,(H,17,20). The highest BCUT2D eigenvalue weighted by Crippen LogP contribution is 2.17. The number of carbonyl (C=O) groups is 1. The fourth-order valence-corrected chi connectivity index (χ4v) is 2.74. The first kappa shape index (κ1) is 15.5. The van der Waals surface area contributed by atoms with Gasteiger partial charge in [-0.25, -0.2) is 5.43 Å². The summed E-state index contributed by atoms with van der Waals surface area (Å²) in [5.74, 6) is 0.0616. The lowest BCUT2D eigenvalue weighted by molar-refractivity contribution is -0.123. The van der Waals surface area contributed by atoms with Crippen molar-refractivity contribution >= 4 is 21.8 Å². The highest BCUT2D eigenvalue weighted by molar-refractivity contribution is 9.10. The SMILES string of the molecule is CCCC1CC(C(=O)NC(C)c2ccc(Br)cc2)NN1. The predicted octanol–water partition coefficient (Wildman–Crippen LogP) is 2.66. The summed E-state index contributed by atoms with van der Waals surface area (Å²) in [4.78, 5) is 12.2. The van der Waals surface area contributed by atoms with Gasteiger partial charge in [0.1, 0.15) is 6.04 Å². The molecule has 3 N–H and O–H groups in total. The van der Waals surface area contributed by atoms with Crippen molar-refractivity contribution in [2.75, 3.05) is 0 Å². The van der Waals surface area contributed by atoms with E-state index in [1.54, 1.807) is 0 Å². The third-order valence-corrected chi connectivity index (χ3v) is 4.19. The number of hydrogen-bond donors (Lipinski definition) is 3. The van der Waals surface area contributed by atoms with E-state index >= 15 is 0 Å². The van der Waals surface area contributed by atoms with Gasteiger partial charge in [-0.15, -0.1) is 0 Å². The first-order chi connectivity index (χ1) is 9.60. The van der Waals surface area contributed by atoms with Crippen LogP contribution < -0.4 is 16.2 Å². The van der Waals surface area contributed by atoms with E-state index < -0.39 is 0 Å². The van der Waals surface area contributed by atoms with Gasteiger partial charge in [0.25, 0.3) is 0 Å². The van der Waals surface area contributed by atoms with Crippen molar-refractivity contribution in [3.63, 3.8) is 0 Å². The molecule has 0 saturated carbocycles. The number of benzene rings is 1. The summed E-state index contributed by atoms with van der Waals surface area (Å²) < 4.78 is 1.05. The van der Waals surface area contributed by atoms with Gasteiger partial charge < -0.3 is 5.32 Å². The average Bonchev–Trinajstić information content (AvgIpc) is 2.88. The molecule has 3 atom stereocenters. The molecular formula is C15H22BrN3O. The summed E-state index contributed by atoms with van der Waals surface area (Å²) >= 11 is 3.41. The molecule has 1 aliphatic heterocycles. The van der Waals surface area contributed by atoms with Crippen molar-refractivity contribution in [1.29, 1.82) is 0 Å². The topological polar surface area (TPSA) is 53.2 Å². The molecule has 5 heteroatoms. The minimum Gasteiger partial charge on any atom is -0.348 e. The third-order valence-electron chi connectivity index (χ3n) is 3.66. The van der Waals surface area contributed by atoms with E-state index in [4.69, 9.17) is 0 Å². The highest BCUT2D eigenvalue weighted by atomic mass is 79.9. The molecule has 0 radical (unpaired) electrons. The lowest BCUT2D eigenvalue weighted by Crippen LogP contribution is -2.44. The quantitative estimate of drug-likeness (QED) is 0.772. The molecular weight excluding hydrogens is 318 g/mol. The largest absolute Gasteiger partial charge is 0.348 e. The van der Waals surface area contributed by atoms with Crippen LogP contribution in [0.15, 0.2) is 28.7 Å². The van der Waals surface area contributed by atoms with E-state index in [-0.39, 0.29) is 18.0 Å². The van der Waals surface area contributed by atoms with Crippen LogP contribution in [0.4, 0.5) is 0 Å². The van der Waals surface area contributed by atoms with Crippen molar-refractivity contribution in [2.24, 2.45) is 0 Å². The molecule has 1 aromatic rings. The van der Waals surface area contributed by atoms with Crippen LogP contribution in [0.25, 0.3) is 0 Å². The maximum atomic E-state index is 12.2. The van der Waals surface area contributed by atoms with Crippen LogP contribution in [-0.4, -0.2) is 18.0 Å². The summed E-state index contributed by atoms with van der Waals surface area (Å²) in [5.41, 5.74) is 7.39. The molecule has 0 bridgehead atoms. The lowest BCUT2D eigenvalue weighted by atomic mass is 10.0. The van der Waals surface area contributed by atoms with Gasteiger partial charge in [-0.1, -0.05) is 41.4 Å². The molecule has 0 aliphatic carbocycles. The average molecular weight is 340 g/mol. The van der Waals surface area contributed by atoms with Gasteiger partial charge in [0.15, 0.2) is 0 Å². The van der Waals surface area contributed by atoms with E-state index in [0.717, 1.165) is 29.3 Å². The second-order valence-electron chi connectivity index (χ2n) is 5.34. The number of carbonyl (C=O) groups excluding carboxylic acids is 1. The smallest absolute Gasteiger partial charge is 0.239 e. The predicted molar refractivity (Wildman–Crippen MR) is 84.1 cm³/mol. The molecule has 0 spiro atoms. The van der Waals surface area contributed by atoms with E-state index in [2.05, 4.69) is 39.0 Å². The maximum Gasteiger partial charge on any atom is 0.239 e. The van der Waals surface area contributed by atoms with Gasteiger partial charge in [-0.2, -0.15) is 0 Å². The van der Waals surface area contributed by atoms with Crippen molar-refractivity contribution < 1.29 is 4.79 Å². The monoisotopic (exact) mass is 339 g/mol. The maximum absolute atomic E-state index is 12.2. The lowest BCUT2D eigenvalue weighted by Gasteiger charge is -2.17. The fraction of sp³-hybridized carbons (Fsp3) is 0.533. The first-order valence-corrected chi connectivity index (χ1v) is 7.96. The van der Waals surface area contributed by atoms with Crippen molar-refractivity contribution in [1.82, 2.24) is 16.2 Å². The molecule has 4 nitrogen and oxygen atoms in total. The van der Waals surface area contributed by atoms with Crippen LogP contribution in [0, 0.1) is 0 Å². The Morgan fingerprint density at radius 2 is 2.10 bits per heavy atom. The van der Waals surface area contributed by atoms with Gasteiger partial charge >= 0.3 is 0 Å². The molecule has 110 valence electrons. The Balaban J connectivity index is 1.86. The summed E-state index contributed by atoms with van der Waals surface area (Å²) in [6.45, 7) is 4.16. The summed E-state index contributed by atoms with van der Waals surface area (Å²) in [6.07, 6.45) is 3.08. The van der Waals surface area contributed by atoms with Crippen LogP contribution in [0.1, 0.15) is 44.7 Å². The second kappa shape index (κ2) is 7.20. The molecule has 1 fully saturated rings. The fourth-order valence-electron chi connectivity index (χ4n) is 2.48. The Hall–Kier alpha value is -0.910. The zero-order valence-corrected chi connectivity index (χ0v) is 13.5. The van der Waals surface area contributed by atoms with E-state index in [1.807, 2.05) is 31.2 Å². The van der Waals surface area contributed by atoms with Crippen LogP contribution >= 0.6 is 15.9 Å². The Kier molecular flexibility index (Phi) is 5.57. The number of amides is 1. The molecule has 0 aromatic heterocycles. The van der Waals surface area contributed by atoms with E-state index in [0.29, 0.717) is 6.04 Å². The minimum atomic E-state index is -0.135. The van der Waals surface area contributed by atoms with Gasteiger partial charge in [-0.05, 0) is 37.5 Å². The first-order valence-electron chi connectivity index (χ1n) is 7.17. The Bertz CT molecular complexity index is 449. The Morgan fingerprint density at radius 3 is 2.75 bits per heavy atom. The van der Waals surface area contributed by atoms with Crippen molar-refractivity contribution in [3.05, 3.63) is 34.3 Å². The number of nitrogens with one attached hydrogen (secondary N) is 3. The molecule has 1 aromatic carbocycles. The van der Waals surface area contributed by atoms with Crippen molar-refractivity contribution in [2.45, 2.75) is 51.2 Å². The summed E-state index contributed by atoms with van der Waals surface area (Å²) in [5, 5.41) is 3.06. The van der Waals surface area contributed by atoms with Gasteiger partial charge in [0.2, 0.25) is 5.91 Å². The summed E-state index contributed by atoms with van der Waals surface area (Å²) in [6, 6.07) is 8.31. The van der Waals surface area contributed by atoms with E-state index in [1.165, 1.54) is 0 Å². The van der Waals surface area contributed by atoms with Crippen molar-refractivity contribution in [3.8, 4) is 0 Å². The van der Waals surface area contributed by atoms with Crippen LogP contribution in [0.3, 0.4) is 0 Å². The Labute approximate surface area is 128 Å². The molecule has 1 heterocycles. The molecule has 2 rings (SSSR count). The van der Waals surface area contributed by atoms with Gasteiger partial charge in [0.05, 0.1) is 6.04 Å². The number of rotatable bonds is 5. The third kappa shape index (κ3) is 4.04. The Morgan fingerprint density at radius 1 is 1.40 bits per heavy atom. The van der Waals surface area contributed by atoms with E-state index in [9.17, 15) is 4.79 Å². The van der Waals surface area contributed by atoms with Gasteiger partial charge in [-0.3, -0.25) is 10.2 Å². The molecule has 20 heavy (non-hydrogen) atoms. The van der Waals surface area contributed by atoms with Crippen LogP contribution in [-0.2, 0) is 4.79 Å². The minimum absolute atomic E-state index is 0.0163. The second-order valence-corrected chi connectivity index (χ2v) is 6.26. The highest BCUT2D eigenvalue weighted by Gasteiger charge is 2.29. The number of halogens is 1. The van der Waals surface area contributed by atoms with Gasteiger partial charge in [0, 0.05) is 10.5 Å². The molecule has 1 amide bonds. The van der Waals surface area contributed by atoms with Crippen LogP contribution in [0.2, 0.25) is 0 Å². The zero-order valence-electron chi connectivity index (χ0n) is 11.9. The molecule has 3 unspecified atom stereocenters. The number of hydrazine groups is 1. The summed E-state index contributed by atoms with van der Waals surface area (Å²) in [7, 11) is 0.